The maximum atomic E-state index is 13.3. The van der Waals surface area contributed by atoms with Crippen LogP contribution in [0.25, 0.3) is 10.8 Å². The number of unbranched alkanes of at least 4 members (excludes halogenated alkanes) is 3. The van der Waals surface area contributed by atoms with Crippen LogP contribution in [0.2, 0.25) is 0 Å². The summed E-state index contributed by atoms with van der Waals surface area (Å²) in [5.41, 5.74) is 0.305. The van der Waals surface area contributed by atoms with Crippen molar-refractivity contribution in [3.63, 3.8) is 0 Å². The van der Waals surface area contributed by atoms with Gasteiger partial charge in [0.05, 0.1) is 16.3 Å². The quantitative estimate of drug-likeness (QED) is 0.124. The van der Waals surface area contributed by atoms with E-state index in [1.807, 2.05) is 12.1 Å². The predicted molar refractivity (Wildman–Crippen MR) is 134 cm³/mol. The standard InChI is InChI=1S/C24H27N3O8S2.2Na/c1-3-4-5-6-7-16-8-10-18(11-9-16)26-27-23-21(37(33,34)35)13-17-12-19(36(30,31)32)14-20(25-15(2)28)22(17)24(23)29;;/h8-14,29H,3-7H2,1-2H3,(H,25,28)(H,30,31,32)(H,33,34,35);;/q;2*+1/p-2. The Balaban J connectivity index is 0.00000380. The van der Waals surface area contributed by atoms with E-state index >= 15 is 0 Å². The number of azo groups is 1. The van der Waals surface area contributed by atoms with E-state index in [1.54, 1.807) is 12.1 Å². The fourth-order valence-corrected chi connectivity index (χ4v) is 4.95. The average molecular weight is 594 g/mol. The van der Waals surface area contributed by atoms with E-state index in [-0.39, 0.29) is 75.6 Å². The van der Waals surface area contributed by atoms with Gasteiger partial charge in [0, 0.05) is 12.6 Å². The van der Waals surface area contributed by atoms with Gasteiger partial charge in [0.1, 0.15) is 15.0 Å². The van der Waals surface area contributed by atoms with Crippen LogP contribution in [0, 0.1) is 0 Å². The molecule has 2 N–H and O–H groups in total. The second-order valence-corrected chi connectivity index (χ2v) is 11.2. The zero-order valence-corrected chi connectivity index (χ0v) is 27.7. The number of rotatable bonds is 10. The van der Waals surface area contributed by atoms with Gasteiger partial charge >= 0.3 is 59.1 Å². The Hall–Kier alpha value is -1.39. The topological polar surface area (TPSA) is 188 Å². The van der Waals surface area contributed by atoms with Gasteiger partial charge in [-0.2, -0.15) is 13.5 Å². The molecule has 0 bridgehead atoms. The number of hydrogen-bond donors (Lipinski definition) is 2. The van der Waals surface area contributed by atoms with E-state index < -0.39 is 47.4 Å². The minimum Gasteiger partial charge on any atom is -0.870 e. The summed E-state index contributed by atoms with van der Waals surface area (Å²) in [4.78, 5) is 9.91. The first kappa shape index (κ1) is 35.6. The maximum absolute atomic E-state index is 13.3. The van der Waals surface area contributed by atoms with E-state index in [2.05, 4.69) is 22.5 Å². The molecule has 0 aliphatic carbocycles. The van der Waals surface area contributed by atoms with Gasteiger partial charge in [0.2, 0.25) is 5.91 Å². The van der Waals surface area contributed by atoms with Crippen LogP contribution >= 0.6 is 0 Å². The fraction of sp³-hybridized carbons (Fsp3) is 0.292. The van der Waals surface area contributed by atoms with Crippen LogP contribution in [0.4, 0.5) is 17.1 Å². The predicted octanol–water partition coefficient (Wildman–Crippen LogP) is -1.43. The van der Waals surface area contributed by atoms with Crippen LogP contribution in [-0.4, -0.2) is 31.8 Å². The van der Waals surface area contributed by atoms with Gasteiger partial charge < -0.3 is 15.0 Å². The Morgan fingerprint density at radius 3 is 2.15 bits per heavy atom. The molecule has 0 aromatic heterocycles. The average Bonchev–Trinajstić information content (AvgIpc) is 2.80. The molecule has 198 valence electrons. The molecular formula is C24H25N3Na2O8S2. The summed E-state index contributed by atoms with van der Waals surface area (Å²) in [5.74, 6) is -1.74. The number of fused-ring (bicyclic) bond motifs is 1. The molecule has 11 nitrogen and oxygen atoms in total. The van der Waals surface area contributed by atoms with E-state index in [4.69, 9.17) is 0 Å². The van der Waals surface area contributed by atoms with Crippen molar-refractivity contribution in [2.45, 2.75) is 55.7 Å². The van der Waals surface area contributed by atoms with Crippen LogP contribution in [0.15, 0.2) is 62.5 Å². The second kappa shape index (κ2) is 15.0. The van der Waals surface area contributed by atoms with E-state index in [9.17, 15) is 35.8 Å². The van der Waals surface area contributed by atoms with Crippen molar-refractivity contribution in [1.29, 1.82) is 0 Å². The first-order valence-corrected chi connectivity index (χ1v) is 14.2. The summed E-state index contributed by atoms with van der Waals surface area (Å²) >= 11 is 0. The molecule has 1 amide bonds. The van der Waals surface area contributed by atoms with Gasteiger partial charge in [0.25, 0.3) is 10.1 Å². The fourth-order valence-electron chi connectivity index (χ4n) is 3.76. The molecule has 15 heteroatoms. The van der Waals surface area contributed by atoms with Crippen LogP contribution in [0.3, 0.4) is 0 Å². The van der Waals surface area contributed by atoms with Crippen molar-refractivity contribution in [2.75, 3.05) is 5.32 Å². The molecule has 0 radical (unpaired) electrons. The van der Waals surface area contributed by atoms with Gasteiger partial charge in [-0.1, -0.05) is 44.1 Å². The van der Waals surface area contributed by atoms with Crippen LogP contribution in [-0.2, 0) is 31.5 Å². The number of aryl methyl sites for hydroxylation is 1. The number of nitrogens with one attached hydrogen (secondary N) is 1. The molecule has 39 heavy (non-hydrogen) atoms. The third-order valence-electron chi connectivity index (χ3n) is 5.50. The number of hydrogen-bond acceptors (Lipinski definition) is 9. The Morgan fingerprint density at radius 2 is 1.62 bits per heavy atom. The summed E-state index contributed by atoms with van der Waals surface area (Å²) in [6.07, 6.45) is 5.32. The molecule has 0 unspecified atom stereocenters. The molecule has 0 spiro atoms. The monoisotopic (exact) mass is 593 g/mol. The Labute approximate surface area is 271 Å². The number of nitrogens with zero attached hydrogens (tertiary/aromatic N) is 2. The number of benzene rings is 3. The third kappa shape index (κ3) is 9.59. The van der Waals surface area contributed by atoms with Crippen LogP contribution in [0.5, 0.6) is 5.75 Å². The van der Waals surface area contributed by atoms with Crippen molar-refractivity contribution in [1.82, 2.24) is 0 Å². The molecule has 0 aliphatic heterocycles. The van der Waals surface area contributed by atoms with Gasteiger partial charge in [-0.05, 0) is 59.5 Å². The van der Waals surface area contributed by atoms with Gasteiger partial charge in [-0.25, -0.2) is 8.42 Å². The first-order chi connectivity index (χ1) is 17.3. The molecule has 3 aromatic carbocycles. The van der Waals surface area contributed by atoms with Crippen molar-refractivity contribution in [3.8, 4) is 5.75 Å². The SMILES string of the molecule is CCCCCCc1ccc(N=Nc2c(S(=O)(=O)O)cc3cc(S(=O)(=O)[O-])cc(NC(C)=O)c3c2[O-])cc1.[Na+].[Na+]. The van der Waals surface area contributed by atoms with Crippen molar-refractivity contribution >= 4 is 54.0 Å². The summed E-state index contributed by atoms with van der Waals surface area (Å²) in [5, 5.41) is 22.6. The Morgan fingerprint density at radius 1 is 0.974 bits per heavy atom. The number of carbonyl (C=O) groups is 1. The molecule has 0 aliphatic rings. The van der Waals surface area contributed by atoms with Crippen molar-refractivity contribution in [2.24, 2.45) is 10.2 Å². The largest absolute Gasteiger partial charge is 1.00 e. The Kier molecular flexibility index (Phi) is 13.7. The third-order valence-corrected chi connectivity index (χ3v) is 7.18. The van der Waals surface area contributed by atoms with Gasteiger partial charge in [-0.15, -0.1) is 5.11 Å². The summed E-state index contributed by atoms with van der Waals surface area (Å²) in [6.45, 7) is 3.22. The molecule has 3 aromatic rings. The summed E-state index contributed by atoms with van der Waals surface area (Å²) < 4.78 is 68.6. The van der Waals surface area contributed by atoms with Gasteiger partial charge in [-0.3, -0.25) is 9.35 Å². The summed E-state index contributed by atoms with van der Waals surface area (Å²) in [6, 6.07) is 9.32. The van der Waals surface area contributed by atoms with Crippen molar-refractivity contribution < 1.29 is 95.0 Å². The molecule has 0 saturated heterocycles. The molecule has 0 fully saturated rings. The molecule has 0 atom stereocenters. The molecule has 0 heterocycles. The molecular weight excluding hydrogens is 568 g/mol. The van der Waals surface area contributed by atoms with Crippen molar-refractivity contribution in [3.05, 3.63) is 48.0 Å². The van der Waals surface area contributed by atoms with Gasteiger partial charge in [0.15, 0.2) is 0 Å². The van der Waals surface area contributed by atoms with Crippen LogP contribution in [0.1, 0.15) is 45.1 Å². The zero-order valence-electron chi connectivity index (χ0n) is 22.1. The number of carbonyl (C=O) groups excluding carboxylic acids is 1. The smallest absolute Gasteiger partial charge is 0.870 e. The zero-order chi connectivity index (χ0) is 27.4. The maximum Gasteiger partial charge on any atom is 1.00 e. The second-order valence-electron chi connectivity index (χ2n) is 8.41. The minimum absolute atomic E-state index is 0. The van der Waals surface area contributed by atoms with Crippen LogP contribution < -0.4 is 69.5 Å². The Bertz CT molecular complexity index is 1580. The normalized spacial score (nSPS) is 11.7. The van der Waals surface area contributed by atoms with E-state index in [0.29, 0.717) is 5.69 Å². The minimum atomic E-state index is -5.04. The van der Waals surface area contributed by atoms with E-state index in [1.165, 1.54) is 0 Å². The summed E-state index contributed by atoms with van der Waals surface area (Å²) in [7, 11) is -10.1. The number of anilines is 1. The van der Waals surface area contributed by atoms with E-state index in [0.717, 1.165) is 62.8 Å². The number of amides is 1. The first-order valence-electron chi connectivity index (χ1n) is 11.3. The molecule has 0 saturated carbocycles. The molecule has 3 rings (SSSR count).